The number of rotatable bonds is 5. The Kier molecular flexibility index (Phi) is 4.55. The predicted octanol–water partition coefficient (Wildman–Crippen LogP) is 1.01. The zero-order valence-corrected chi connectivity index (χ0v) is 10.2. The Labute approximate surface area is 96.8 Å². The Morgan fingerprint density at radius 2 is 2.31 bits per heavy atom. The molecule has 16 heavy (non-hydrogen) atoms. The molecular formula is C12H21N3O. The average molecular weight is 223 g/mol. The van der Waals surface area contributed by atoms with Crippen LogP contribution in [0.3, 0.4) is 0 Å². The quantitative estimate of drug-likeness (QED) is 0.782. The first-order chi connectivity index (χ1) is 7.56. The summed E-state index contributed by atoms with van der Waals surface area (Å²) in [5, 5.41) is 2.86. The van der Waals surface area contributed by atoms with Crippen LogP contribution < -0.4 is 11.1 Å². The molecule has 90 valence electrons. The van der Waals surface area contributed by atoms with E-state index in [9.17, 15) is 4.79 Å². The highest BCUT2D eigenvalue weighted by Crippen LogP contribution is 2.05. The monoisotopic (exact) mass is 223 g/mol. The fraction of sp³-hybridized carbons (Fsp3) is 0.583. The van der Waals surface area contributed by atoms with Crippen LogP contribution in [0.4, 0.5) is 0 Å². The van der Waals surface area contributed by atoms with Crippen molar-refractivity contribution in [3.8, 4) is 0 Å². The van der Waals surface area contributed by atoms with Gasteiger partial charge in [0.2, 0.25) is 5.91 Å². The summed E-state index contributed by atoms with van der Waals surface area (Å²) in [4.78, 5) is 11.7. The molecule has 2 atom stereocenters. The van der Waals surface area contributed by atoms with Crippen LogP contribution in [0, 0.1) is 5.92 Å². The highest BCUT2D eigenvalue weighted by molar-refractivity contribution is 5.81. The van der Waals surface area contributed by atoms with Gasteiger partial charge in [0.25, 0.3) is 0 Å². The van der Waals surface area contributed by atoms with Gasteiger partial charge in [0.15, 0.2) is 0 Å². The van der Waals surface area contributed by atoms with Crippen molar-refractivity contribution < 1.29 is 4.79 Å². The first-order valence-electron chi connectivity index (χ1n) is 5.69. The maximum absolute atomic E-state index is 11.7. The first kappa shape index (κ1) is 12.8. The third-order valence-electron chi connectivity index (χ3n) is 3.05. The van der Waals surface area contributed by atoms with Gasteiger partial charge >= 0.3 is 0 Å². The van der Waals surface area contributed by atoms with E-state index in [1.54, 1.807) is 0 Å². The van der Waals surface area contributed by atoms with Gasteiger partial charge in [-0.15, -0.1) is 0 Å². The summed E-state index contributed by atoms with van der Waals surface area (Å²) in [6.45, 7) is 4.56. The number of nitrogens with one attached hydrogen (secondary N) is 1. The van der Waals surface area contributed by atoms with Gasteiger partial charge in [0, 0.05) is 18.9 Å². The second-order valence-electron chi connectivity index (χ2n) is 4.24. The Balaban J connectivity index is 2.44. The number of nitrogens with two attached hydrogens (primary N) is 1. The van der Waals surface area contributed by atoms with Crippen molar-refractivity contribution in [1.29, 1.82) is 0 Å². The maximum atomic E-state index is 11.7. The molecule has 3 N–H and O–H groups in total. The van der Waals surface area contributed by atoms with E-state index in [0.29, 0.717) is 6.54 Å². The molecule has 0 saturated heterocycles. The molecule has 1 aromatic heterocycles. The molecule has 1 heterocycles. The summed E-state index contributed by atoms with van der Waals surface area (Å²) in [6.07, 6.45) is 2.87. The Morgan fingerprint density at radius 3 is 2.81 bits per heavy atom. The van der Waals surface area contributed by atoms with E-state index in [4.69, 9.17) is 5.73 Å². The SMILES string of the molecule is CC[C@H](C)[C@H](N)C(=O)NCc1cccn1C. The molecule has 0 saturated carbocycles. The summed E-state index contributed by atoms with van der Waals surface area (Å²) in [7, 11) is 1.95. The van der Waals surface area contributed by atoms with E-state index in [-0.39, 0.29) is 11.8 Å². The van der Waals surface area contributed by atoms with Gasteiger partial charge in [-0.2, -0.15) is 0 Å². The van der Waals surface area contributed by atoms with Crippen LogP contribution in [0.15, 0.2) is 18.3 Å². The van der Waals surface area contributed by atoms with Crippen molar-refractivity contribution >= 4 is 5.91 Å². The smallest absolute Gasteiger partial charge is 0.237 e. The second kappa shape index (κ2) is 5.70. The van der Waals surface area contributed by atoms with E-state index in [1.165, 1.54) is 0 Å². The van der Waals surface area contributed by atoms with Gasteiger partial charge < -0.3 is 15.6 Å². The lowest BCUT2D eigenvalue weighted by atomic mass is 9.99. The van der Waals surface area contributed by atoms with Crippen LogP contribution >= 0.6 is 0 Å². The minimum Gasteiger partial charge on any atom is -0.353 e. The molecule has 4 heteroatoms. The molecule has 0 bridgehead atoms. The summed E-state index contributed by atoms with van der Waals surface area (Å²) >= 11 is 0. The molecule has 0 unspecified atom stereocenters. The standard InChI is InChI=1S/C12H21N3O/c1-4-9(2)11(13)12(16)14-8-10-6-5-7-15(10)3/h5-7,9,11H,4,8,13H2,1-3H3,(H,14,16)/t9-,11-/m0/s1. The van der Waals surface area contributed by atoms with Crippen LogP contribution in [0.1, 0.15) is 26.0 Å². The third kappa shape index (κ3) is 3.10. The van der Waals surface area contributed by atoms with Gasteiger partial charge in [0.05, 0.1) is 12.6 Å². The topological polar surface area (TPSA) is 60.1 Å². The average Bonchev–Trinajstić information content (AvgIpc) is 2.69. The molecule has 0 aromatic carbocycles. The Morgan fingerprint density at radius 1 is 1.62 bits per heavy atom. The summed E-state index contributed by atoms with van der Waals surface area (Å²) in [6, 6.07) is 3.52. The minimum absolute atomic E-state index is 0.0736. The summed E-state index contributed by atoms with van der Waals surface area (Å²) in [5.41, 5.74) is 6.90. The second-order valence-corrected chi connectivity index (χ2v) is 4.24. The highest BCUT2D eigenvalue weighted by Gasteiger charge is 2.18. The largest absolute Gasteiger partial charge is 0.353 e. The molecule has 0 radical (unpaired) electrons. The molecular weight excluding hydrogens is 202 g/mol. The van der Waals surface area contributed by atoms with Crippen molar-refractivity contribution in [1.82, 2.24) is 9.88 Å². The van der Waals surface area contributed by atoms with E-state index in [0.717, 1.165) is 12.1 Å². The number of aryl methyl sites for hydroxylation is 1. The van der Waals surface area contributed by atoms with Gasteiger partial charge in [-0.1, -0.05) is 20.3 Å². The normalized spacial score (nSPS) is 14.5. The third-order valence-corrected chi connectivity index (χ3v) is 3.05. The van der Waals surface area contributed by atoms with Crippen LogP contribution in [0.25, 0.3) is 0 Å². The van der Waals surface area contributed by atoms with Gasteiger partial charge in [0.1, 0.15) is 0 Å². The molecule has 0 fully saturated rings. The Hall–Kier alpha value is -1.29. The van der Waals surface area contributed by atoms with E-state index in [2.05, 4.69) is 5.32 Å². The summed E-state index contributed by atoms with van der Waals surface area (Å²) in [5.74, 6) is 0.143. The predicted molar refractivity (Wildman–Crippen MR) is 64.7 cm³/mol. The van der Waals surface area contributed by atoms with Crippen LogP contribution in [0.2, 0.25) is 0 Å². The van der Waals surface area contributed by atoms with E-state index in [1.807, 2.05) is 43.8 Å². The van der Waals surface area contributed by atoms with Gasteiger partial charge in [-0.25, -0.2) is 0 Å². The number of hydrogen-bond acceptors (Lipinski definition) is 2. The van der Waals surface area contributed by atoms with Crippen LogP contribution in [-0.4, -0.2) is 16.5 Å². The van der Waals surface area contributed by atoms with Crippen LogP contribution in [-0.2, 0) is 18.4 Å². The number of hydrogen-bond donors (Lipinski definition) is 2. The van der Waals surface area contributed by atoms with Crippen molar-refractivity contribution in [2.24, 2.45) is 18.7 Å². The number of aromatic nitrogens is 1. The van der Waals surface area contributed by atoms with Crippen molar-refractivity contribution in [2.75, 3.05) is 0 Å². The van der Waals surface area contributed by atoms with Crippen LogP contribution in [0.5, 0.6) is 0 Å². The molecule has 4 nitrogen and oxygen atoms in total. The molecule has 0 aliphatic carbocycles. The lowest BCUT2D eigenvalue weighted by Crippen LogP contribution is -2.44. The fourth-order valence-corrected chi connectivity index (χ4v) is 1.49. The summed E-state index contributed by atoms with van der Waals surface area (Å²) < 4.78 is 1.98. The van der Waals surface area contributed by atoms with Gasteiger partial charge in [-0.3, -0.25) is 4.79 Å². The maximum Gasteiger partial charge on any atom is 0.237 e. The van der Waals surface area contributed by atoms with Crippen molar-refractivity contribution in [2.45, 2.75) is 32.9 Å². The molecule has 0 spiro atoms. The molecule has 1 rings (SSSR count). The highest BCUT2D eigenvalue weighted by atomic mass is 16.2. The molecule has 0 aliphatic heterocycles. The van der Waals surface area contributed by atoms with Crippen molar-refractivity contribution in [3.05, 3.63) is 24.0 Å². The number of amides is 1. The van der Waals surface area contributed by atoms with Crippen molar-refractivity contribution in [3.63, 3.8) is 0 Å². The van der Waals surface area contributed by atoms with E-state index < -0.39 is 6.04 Å². The zero-order chi connectivity index (χ0) is 12.1. The molecule has 1 amide bonds. The molecule has 0 aliphatic rings. The first-order valence-corrected chi connectivity index (χ1v) is 5.69. The lowest BCUT2D eigenvalue weighted by molar-refractivity contribution is -0.123. The zero-order valence-electron chi connectivity index (χ0n) is 10.2. The number of carbonyl (C=O) groups excluding carboxylic acids is 1. The van der Waals surface area contributed by atoms with E-state index >= 15 is 0 Å². The Bertz CT molecular complexity index is 346. The molecule has 1 aromatic rings. The minimum atomic E-state index is -0.412. The van der Waals surface area contributed by atoms with Gasteiger partial charge in [-0.05, 0) is 18.1 Å². The number of nitrogens with zero attached hydrogens (tertiary/aromatic N) is 1. The lowest BCUT2D eigenvalue weighted by Gasteiger charge is -2.17. The number of carbonyl (C=O) groups is 1. The fourth-order valence-electron chi connectivity index (χ4n) is 1.49.